The molecule has 3 rings (SSSR count). The van der Waals surface area contributed by atoms with Crippen molar-refractivity contribution in [2.45, 2.75) is 70.5 Å². The summed E-state index contributed by atoms with van der Waals surface area (Å²) in [4.78, 5) is 62.5. The number of ether oxygens (including phenoxy) is 1. The molecule has 0 aliphatic rings. The quantitative estimate of drug-likeness (QED) is 0.0684. The molecule has 9 N–H and O–H groups in total. The number of amides is 3. The highest BCUT2D eigenvalue weighted by molar-refractivity contribution is 8.00. The van der Waals surface area contributed by atoms with Gasteiger partial charge in [0.05, 0.1) is 25.3 Å². The average Bonchev–Trinajstić information content (AvgIpc) is 3.56. The number of carboxylic acid groups (broad SMARTS) is 2. The van der Waals surface area contributed by atoms with E-state index in [0.717, 1.165) is 34.1 Å². The van der Waals surface area contributed by atoms with Crippen LogP contribution in [0.2, 0.25) is 0 Å². The lowest BCUT2D eigenvalue weighted by molar-refractivity contribution is -0.140. The van der Waals surface area contributed by atoms with Crippen LogP contribution in [0.15, 0.2) is 60.8 Å². The third-order valence-corrected chi connectivity index (χ3v) is 10.4. The molecule has 1 aromatic heterocycles. The smallest absolute Gasteiger partial charge is 0.321 e. The van der Waals surface area contributed by atoms with E-state index in [9.17, 15) is 38.6 Å². The number of nitrogens with two attached hydrogens (primary N) is 2. The van der Waals surface area contributed by atoms with Gasteiger partial charge in [-0.3, -0.25) is 24.0 Å². The Morgan fingerprint density at radius 3 is 2.23 bits per heavy atom. The second kappa shape index (κ2) is 22.2. The molecule has 0 fully saturated rings. The topological polar surface area (TPSA) is 240 Å². The molecule has 57 heavy (non-hydrogen) atoms. The molecule has 4 atom stereocenters. The van der Waals surface area contributed by atoms with Gasteiger partial charge in [0.2, 0.25) is 17.7 Å². The molecule has 15 nitrogen and oxygen atoms in total. The Kier molecular flexibility index (Phi) is 18.1. The number of carboxylic acids is 2. The molecule has 3 aromatic rings. The van der Waals surface area contributed by atoms with Crippen molar-refractivity contribution >= 4 is 41.4 Å². The first kappa shape index (κ1) is 46.6. The fraction of sp³-hybridized carbons (Fsp3) is 0.475. The fourth-order valence-electron chi connectivity index (χ4n) is 6.19. The SMILES string of the molecule is Cc1ccc(F)cc1-c1cc([C@H](N(CC[C@H](N)C(=O)NCCOCCNC(=O)CC(SC[C@H](N)C(=O)O)C(=O)O)C(=O)CO)C(C)(C)C)n(Cc2ccccc2)c1. The Morgan fingerprint density at radius 1 is 0.947 bits per heavy atom. The Labute approximate surface area is 336 Å². The molecule has 1 heterocycles. The van der Waals surface area contributed by atoms with E-state index in [1.54, 1.807) is 11.0 Å². The average molecular weight is 815 g/mol. The summed E-state index contributed by atoms with van der Waals surface area (Å²) < 4.78 is 21.9. The number of nitrogens with one attached hydrogen (secondary N) is 2. The van der Waals surface area contributed by atoms with E-state index >= 15 is 0 Å². The van der Waals surface area contributed by atoms with Gasteiger partial charge in [-0.1, -0.05) is 57.2 Å². The number of aliphatic hydroxyl groups excluding tert-OH is 1. The standard InChI is InChI=1S/C40H55FN6O9S/c1-25-10-11-28(41)19-29(25)27-18-32(46(22-27)21-26-8-6-5-7-9-26)36(40(2,3)4)47(35(50)23-48)15-12-30(42)37(51)45-14-17-56-16-13-44-34(49)20-33(39(54)55)57-24-31(43)38(52)53/h5-11,18-19,22,30-31,33,36,48H,12-17,20-21,23-24,42-43H2,1-4H3,(H,44,49)(H,45,51)(H,52,53)(H,54,55)/t30-,31-,33?,36-/m0/s1. The fourth-order valence-corrected chi connectivity index (χ4v) is 7.18. The number of aryl methyl sites for hydroxylation is 1. The minimum absolute atomic E-state index is 0.0462. The van der Waals surface area contributed by atoms with E-state index in [2.05, 4.69) is 10.6 Å². The lowest BCUT2D eigenvalue weighted by Crippen LogP contribution is -2.48. The summed E-state index contributed by atoms with van der Waals surface area (Å²) in [6.45, 7) is 7.91. The zero-order valence-corrected chi connectivity index (χ0v) is 33.6. The number of rotatable bonds is 23. The van der Waals surface area contributed by atoms with Gasteiger partial charge in [0.25, 0.3) is 0 Å². The van der Waals surface area contributed by atoms with E-state index in [1.807, 2.05) is 74.9 Å². The van der Waals surface area contributed by atoms with Crippen LogP contribution in [-0.4, -0.2) is 117 Å². The van der Waals surface area contributed by atoms with Crippen molar-refractivity contribution in [2.75, 3.05) is 45.2 Å². The molecular formula is C40H55FN6O9S. The predicted molar refractivity (Wildman–Crippen MR) is 215 cm³/mol. The summed E-state index contributed by atoms with van der Waals surface area (Å²) in [7, 11) is 0. The van der Waals surface area contributed by atoms with Crippen molar-refractivity contribution in [2.24, 2.45) is 16.9 Å². The van der Waals surface area contributed by atoms with Crippen LogP contribution in [-0.2, 0) is 35.3 Å². The van der Waals surface area contributed by atoms with Gasteiger partial charge in [0.1, 0.15) is 23.7 Å². The van der Waals surface area contributed by atoms with Crippen LogP contribution in [0.3, 0.4) is 0 Å². The summed E-state index contributed by atoms with van der Waals surface area (Å²) in [5.41, 5.74) is 15.3. The first-order chi connectivity index (χ1) is 26.9. The normalized spacial score (nSPS) is 13.6. The molecule has 312 valence electrons. The number of hydrogen-bond acceptors (Lipinski definition) is 10. The second-order valence-corrected chi connectivity index (χ2v) is 15.9. The number of nitrogens with zero attached hydrogens (tertiary/aromatic N) is 2. The monoisotopic (exact) mass is 814 g/mol. The number of carbonyl (C=O) groups excluding carboxylic acids is 3. The maximum Gasteiger partial charge on any atom is 0.321 e. The lowest BCUT2D eigenvalue weighted by Gasteiger charge is -2.41. The van der Waals surface area contributed by atoms with Crippen LogP contribution < -0.4 is 22.1 Å². The number of carbonyl (C=O) groups is 5. The summed E-state index contributed by atoms with van der Waals surface area (Å²) in [6, 6.07) is 13.5. The van der Waals surface area contributed by atoms with Gasteiger partial charge in [-0.05, 0) is 53.6 Å². The van der Waals surface area contributed by atoms with Crippen LogP contribution in [0, 0.1) is 18.2 Å². The van der Waals surface area contributed by atoms with Gasteiger partial charge in [-0.15, -0.1) is 11.8 Å². The van der Waals surface area contributed by atoms with Crippen molar-refractivity contribution in [3.8, 4) is 11.1 Å². The zero-order valence-electron chi connectivity index (χ0n) is 32.8. The third kappa shape index (κ3) is 14.6. The summed E-state index contributed by atoms with van der Waals surface area (Å²) in [5.74, 6) is -4.66. The molecule has 3 amide bonds. The second-order valence-electron chi connectivity index (χ2n) is 14.7. The summed E-state index contributed by atoms with van der Waals surface area (Å²) >= 11 is 0.770. The molecule has 0 aliphatic heterocycles. The molecule has 0 aliphatic carbocycles. The predicted octanol–water partition coefficient (Wildman–Crippen LogP) is 2.51. The van der Waals surface area contributed by atoms with Crippen molar-refractivity contribution in [1.82, 2.24) is 20.1 Å². The summed E-state index contributed by atoms with van der Waals surface area (Å²) in [6.07, 6.45) is 1.63. The number of hydrogen-bond donors (Lipinski definition) is 7. The van der Waals surface area contributed by atoms with Crippen LogP contribution in [0.1, 0.15) is 56.5 Å². The first-order valence-corrected chi connectivity index (χ1v) is 19.6. The molecule has 0 saturated heterocycles. The van der Waals surface area contributed by atoms with Gasteiger partial charge in [0, 0.05) is 55.8 Å². The van der Waals surface area contributed by atoms with Gasteiger partial charge < -0.3 is 51.6 Å². The minimum atomic E-state index is -1.27. The Hall–Kier alpha value is -4.81. The van der Waals surface area contributed by atoms with E-state index in [4.69, 9.17) is 21.3 Å². The molecule has 2 aromatic carbocycles. The Bertz CT molecular complexity index is 1820. The zero-order chi connectivity index (χ0) is 42.3. The van der Waals surface area contributed by atoms with Crippen LogP contribution >= 0.6 is 11.8 Å². The van der Waals surface area contributed by atoms with Crippen LogP contribution in [0.25, 0.3) is 11.1 Å². The van der Waals surface area contributed by atoms with Crippen molar-refractivity contribution in [1.29, 1.82) is 0 Å². The molecule has 0 radical (unpaired) electrons. The third-order valence-electron chi connectivity index (χ3n) is 9.08. The molecular weight excluding hydrogens is 760 g/mol. The molecule has 0 saturated carbocycles. The van der Waals surface area contributed by atoms with E-state index < -0.39 is 65.1 Å². The highest BCUT2D eigenvalue weighted by Crippen LogP contribution is 2.41. The first-order valence-electron chi connectivity index (χ1n) is 18.5. The number of thioether (sulfide) groups is 1. The van der Waals surface area contributed by atoms with E-state index in [1.165, 1.54) is 12.1 Å². The van der Waals surface area contributed by atoms with E-state index in [-0.39, 0.29) is 57.3 Å². The minimum Gasteiger partial charge on any atom is -0.480 e. The highest BCUT2D eigenvalue weighted by Gasteiger charge is 2.37. The van der Waals surface area contributed by atoms with Gasteiger partial charge in [-0.2, -0.15) is 0 Å². The number of halogens is 1. The molecule has 0 bridgehead atoms. The number of aliphatic carboxylic acids is 2. The van der Waals surface area contributed by atoms with Crippen molar-refractivity contribution < 1.29 is 48.4 Å². The maximum absolute atomic E-state index is 14.5. The largest absolute Gasteiger partial charge is 0.480 e. The van der Waals surface area contributed by atoms with Crippen molar-refractivity contribution in [3.05, 3.63) is 83.4 Å². The number of aromatic nitrogens is 1. The molecule has 17 heteroatoms. The highest BCUT2D eigenvalue weighted by atomic mass is 32.2. The molecule has 1 unspecified atom stereocenters. The van der Waals surface area contributed by atoms with Gasteiger partial charge in [-0.25, -0.2) is 4.39 Å². The number of aliphatic hydroxyl groups is 1. The van der Waals surface area contributed by atoms with E-state index in [0.29, 0.717) is 12.1 Å². The van der Waals surface area contributed by atoms with Crippen LogP contribution in [0.5, 0.6) is 0 Å². The lowest BCUT2D eigenvalue weighted by atomic mass is 9.82. The van der Waals surface area contributed by atoms with Crippen LogP contribution in [0.4, 0.5) is 4.39 Å². The summed E-state index contributed by atoms with van der Waals surface area (Å²) in [5, 5.41) is 32.4. The Morgan fingerprint density at radius 2 is 1.61 bits per heavy atom. The Balaban J connectivity index is 1.62. The number of benzene rings is 2. The molecule has 0 spiro atoms. The van der Waals surface area contributed by atoms with Crippen molar-refractivity contribution in [3.63, 3.8) is 0 Å². The van der Waals surface area contributed by atoms with Gasteiger partial charge >= 0.3 is 11.9 Å². The maximum atomic E-state index is 14.5. The van der Waals surface area contributed by atoms with Gasteiger partial charge in [0.15, 0.2) is 0 Å².